The van der Waals surface area contributed by atoms with Crippen LogP contribution in [0.3, 0.4) is 0 Å². The molecule has 1 amide bonds. The van der Waals surface area contributed by atoms with Crippen LogP contribution in [-0.4, -0.2) is 33.5 Å². The van der Waals surface area contributed by atoms with Gasteiger partial charge in [-0.15, -0.1) is 11.8 Å². The molecule has 0 spiro atoms. The highest BCUT2D eigenvalue weighted by molar-refractivity contribution is 8.01. The van der Waals surface area contributed by atoms with Crippen molar-refractivity contribution in [3.63, 3.8) is 0 Å². The van der Waals surface area contributed by atoms with Crippen molar-refractivity contribution in [2.75, 3.05) is 5.75 Å². The lowest BCUT2D eigenvalue weighted by Gasteiger charge is -2.29. The van der Waals surface area contributed by atoms with Crippen LogP contribution in [0.5, 0.6) is 0 Å². The van der Waals surface area contributed by atoms with E-state index in [4.69, 9.17) is 5.11 Å². The summed E-state index contributed by atoms with van der Waals surface area (Å²) in [6, 6.07) is -0.190. The number of aliphatic carboxylic acids is 1. The largest absolute Gasteiger partial charge is 0.481 e. The Bertz CT molecular complexity index is 312. The predicted molar refractivity (Wildman–Crippen MR) is 73.7 cm³/mol. The van der Waals surface area contributed by atoms with Gasteiger partial charge in [0.15, 0.2) is 0 Å². The van der Waals surface area contributed by atoms with Crippen LogP contribution in [0.25, 0.3) is 0 Å². The molecule has 4 nitrogen and oxygen atoms in total. The van der Waals surface area contributed by atoms with Crippen molar-refractivity contribution >= 4 is 23.6 Å². The van der Waals surface area contributed by atoms with Gasteiger partial charge < -0.3 is 10.4 Å². The first-order chi connectivity index (χ1) is 8.29. The molecule has 0 aliphatic heterocycles. The minimum Gasteiger partial charge on any atom is -0.481 e. The van der Waals surface area contributed by atoms with E-state index in [0.717, 1.165) is 19.3 Å². The Hall–Kier alpha value is -0.710. The zero-order valence-corrected chi connectivity index (χ0v) is 12.2. The van der Waals surface area contributed by atoms with E-state index in [-0.39, 0.29) is 16.7 Å². The first kappa shape index (κ1) is 15.3. The van der Waals surface area contributed by atoms with Crippen molar-refractivity contribution in [3.8, 4) is 0 Å². The summed E-state index contributed by atoms with van der Waals surface area (Å²) in [4.78, 5) is 22.9. The Morgan fingerprint density at radius 2 is 1.89 bits per heavy atom. The number of amides is 1. The van der Waals surface area contributed by atoms with Crippen molar-refractivity contribution < 1.29 is 14.7 Å². The van der Waals surface area contributed by atoms with Crippen molar-refractivity contribution in [2.45, 2.75) is 57.2 Å². The number of carboxylic acids is 1. The minimum atomic E-state index is -0.788. The lowest BCUT2D eigenvalue weighted by Crippen LogP contribution is -2.45. The van der Waals surface area contributed by atoms with Gasteiger partial charge in [-0.3, -0.25) is 9.59 Å². The second-order valence-electron chi connectivity index (χ2n) is 5.80. The van der Waals surface area contributed by atoms with Crippen molar-refractivity contribution in [2.24, 2.45) is 5.92 Å². The number of carbonyl (C=O) groups is 2. The highest BCUT2D eigenvalue weighted by Gasteiger charge is 2.31. The van der Waals surface area contributed by atoms with Crippen LogP contribution in [0, 0.1) is 5.92 Å². The van der Waals surface area contributed by atoms with Gasteiger partial charge in [0.2, 0.25) is 5.91 Å². The first-order valence-corrected chi connectivity index (χ1v) is 7.44. The van der Waals surface area contributed by atoms with E-state index in [1.54, 1.807) is 11.8 Å². The second-order valence-corrected chi connectivity index (χ2v) is 7.61. The molecule has 1 aliphatic rings. The van der Waals surface area contributed by atoms with Gasteiger partial charge in [-0.05, 0) is 12.8 Å². The summed E-state index contributed by atoms with van der Waals surface area (Å²) in [5.74, 6) is -0.856. The van der Waals surface area contributed by atoms with Gasteiger partial charge in [-0.1, -0.05) is 33.6 Å². The number of thioether (sulfide) groups is 1. The van der Waals surface area contributed by atoms with Crippen LogP contribution >= 0.6 is 11.8 Å². The molecule has 0 radical (unpaired) electrons. The molecule has 0 bridgehead atoms. The molecular formula is C13H23NO3S. The Balaban J connectivity index is 2.44. The third-order valence-electron chi connectivity index (χ3n) is 3.07. The van der Waals surface area contributed by atoms with Crippen molar-refractivity contribution in [3.05, 3.63) is 0 Å². The van der Waals surface area contributed by atoms with Crippen molar-refractivity contribution in [1.82, 2.24) is 5.32 Å². The zero-order valence-electron chi connectivity index (χ0n) is 11.4. The van der Waals surface area contributed by atoms with E-state index in [2.05, 4.69) is 26.1 Å². The number of carboxylic acid groups (broad SMARTS) is 1. The van der Waals surface area contributed by atoms with Gasteiger partial charge in [0.05, 0.1) is 11.7 Å². The summed E-state index contributed by atoms with van der Waals surface area (Å²) < 4.78 is 0.0517. The van der Waals surface area contributed by atoms with E-state index < -0.39 is 11.9 Å². The van der Waals surface area contributed by atoms with Gasteiger partial charge in [-0.2, -0.15) is 0 Å². The summed E-state index contributed by atoms with van der Waals surface area (Å²) >= 11 is 1.58. The summed E-state index contributed by atoms with van der Waals surface area (Å²) in [5, 5.41) is 12.0. The average molecular weight is 273 g/mol. The van der Waals surface area contributed by atoms with E-state index >= 15 is 0 Å². The molecule has 18 heavy (non-hydrogen) atoms. The summed E-state index contributed by atoms with van der Waals surface area (Å²) in [6.07, 6.45) is 3.40. The Kier molecular flexibility index (Phi) is 5.50. The third kappa shape index (κ3) is 5.29. The fourth-order valence-corrected chi connectivity index (χ4v) is 2.78. The average Bonchev–Trinajstić information content (AvgIpc) is 2.26. The molecule has 1 saturated carbocycles. The normalized spacial score (nSPS) is 24.6. The smallest absolute Gasteiger partial charge is 0.308 e. The van der Waals surface area contributed by atoms with Crippen LogP contribution < -0.4 is 5.32 Å². The maximum Gasteiger partial charge on any atom is 0.308 e. The van der Waals surface area contributed by atoms with Crippen LogP contribution in [0.2, 0.25) is 0 Å². The first-order valence-electron chi connectivity index (χ1n) is 6.46. The molecule has 2 N–H and O–H groups in total. The number of hydrogen-bond acceptors (Lipinski definition) is 3. The molecule has 0 saturated heterocycles. The molecule has 1 fully saturated rings. The molecule has 2 atom stereocenters. The zero-order chi connectivity index (χ0) is 13.8. The predicted octanol–water partition coefficient (Wildman–Crippen LogP) is 2.28. The number of nitrogens with one attached hydrogen (secondary N) is 1. The molecule has 1 rings (SSSR count). The fourth-order valence-electron chi connectivity index (χ4n) is 2.13. The fraction of sp³-hybridized carbons (Fsp3) is 0.846. The molecule has 104 valence electrons. The quantitative estimate of drug-likeness (QED) is 0.824. The molecule has 0 aromatic heterocycles. The monoisotopic (exact) mass is 273 g/mol. The Morgan fingerprint density at radius 3 is 2.44 bits per heavy atom. The number of hydrogen-bond donors (Lipinski definition) is 2. The van der Waals surface area contributed by atoms with E-state index in [9.17, 15) is 9.59 Å². The Morgan fingerprint density at radius 1 is 1.28 bits per heavy atom. The molecule has 0 aromatic rings. The van der Waals surface area contributed by atoms with Gasteiger partial charge in [0.25, 0.3) is 0 Å². The van der Waals surface area contributed by atoms with Gasteiger partial charge in [0.1, 0.15) is 0 Å². The summed E-state index contributed by atoms with van der Waals surface area (Å²) in [6.45, 7) is 6.18. The molecule has 0 aromatic carbocycles. The van der Waals surface area contributed by atoms with Crippen molar-refractivity contribution in [1.29, 1.82) is 0 Å². The van der Waals surface area contributed by atoms with Crippen LogP contribution in [0.1, 0.15) is 46.5 Å². The maximum atomic E-state index is 11.8. The summed E-state index contributed by atoms with van der Waals surface area (Å²) in [7, 11) is 0. The Labute approximate surface area is 113 Å². The topological polar surface area (TPSA) is 66.4 Å². The highest BCUT2D eigenvalue weighted by Crippen LogP contribution is 2.26. The van der Waals surface area contributed by atoms with E-state index in [1.165, 1.54) is 0 Å². The molecule has 1 aliphatic carbocycles. The van der Waals surface area contributed by atoms with Gasteiger partial charge >= 0.3 is 5.97 Å². The molecule has 2 unspecified atom stereocenters. The lowest BCUT2D eigenvalue weighted by molar-refractivity contribution is -0.144. The lowest BCUT2D eigenvalue weighted by atomic mass is 9.84. The third-order valence-corrected chi connectivity index (χ3v) is 4.34. The molecular weight excluding hydrogens is 250 g/mol. The van der Waals surface area contributed by atoms with Crippen LogP contribution in [0.4, 0.5) is 0 Å². The SMILES string of the molecule is CC(C)(C)SCC(=O)NC1CCCCC1C(=O)O. The highest BCUT2D eigenvalue weighted by atomic mass is 32.2. The van der Waals surface area contributed by atoms with E-state index in [1.807, 2.05) is 0 Å². The van der Waals surface area contributed by atoms with E-state index in [0.29, 0.717) is 12.2 Å². The maximum absolute atomic E-state index is 11.8. The van der Waals surface area contributed by atoms with Crippen LogP contribution in [-0.2, 0) is 9.59 Å². The summed E-state index contributed by atoms with van der Waals surface area (Å²) in [5.41, 5.74) is 0. The second kappa shape index (κ2) is 6.45. The standard InChI is InChI=1S/C13H23NO3S/c1-13(2,3)18-8-11(15)14-10-7-5-4-6-9(10)12(16)17/h9-10H,4-8H2,1-3H3,(H,14,15)(H,16,17). The molecule has 5 heteroatoms. The molecule has 0 heterocycles. The number of rotatable bonds is 4. The van der Waals surface area contributed by atoms with Gasteiger partial charge in [0, 0.05) is 10.8 Å². The van der Waals surface area contributed by atoms with Gasteiger partial charge in [-0.25, -0.2) is 0 Å². The minimum absolute atomic E-state index is 0.0481. The number of carbonyl (C=O) groups excluding carboxylic acids is 1. The van der Waals surface area contributed by atoms with Crippen LogP contribution in [0.15, 0.2) is 0 Å².